The molecule has 0 aromatic heterocycles. The molecule has 1 heterocycles. The molecule has 0 atom stereocenters. The molecule has 0 radical (unpaired) electrons. The van der Waals surface area contributed by atoms with E-state index in [9.17, 15) is 4.79 Å². The maximum Gasteiger partial charge on any atom is 0.338 e. The summed E-state index contributed by atoms with van der Waals surface area (Å²) >= 11 is 1.90. The lowest BCUT2D eigenvalue weighted by atomic mass is 10.1. The smallest absolute Gasteiger partial charge is 0.338 e. The molecule has 1 aromatic carbocycles. The van der Waals surface area contributed by atoms with E-state index in [1.54, 1.807) is 0 Å². The molecule has 98 valence electrons. The van der Waals surface area contributed by atoms with E-state index >= 15 is 0 Å². The lowest BCUT2D eigenvalue weighted by molar-refractivity contribution is 0.0600. The van der Waals surface area contributed by atoms with Crippen molar-refractivity contribution in [1.82, 2.24) is 0 Å². The topological polar surface area (TPSA) is 35.5 Å². The Balaban J connectivity index is 1.97. The van der Waals surface area contributed by atoms with Gasteiger partial charge in [-0.25, -0.2) is 4.79 Å². The van der Waals surface area contributed by atoms with Crippen molar-refractivity contribution in [1.29, 1.82) is 0 Å². The molecule has 0 unspecified atom stereocenters. The Morgan fingerprint density at radius 1 is 1.39 bits per heavy atom. The zero-order valence-electron chi connectivity index (χ0n) is 10.6. The van der Waals surface area contributed by atoms with E-state index in [1.807, 2.05) is 36.0 Å². The molecule has 0 N–H and O–H groups in total. The highest BCUT2D eigenvalue weighted by atomic mass is 32.2. The summed E-state index contributed by atoms with van der Waals surface area (Å²) < 4.78 is 10.1. The number of rotatable bonds is 4. The van der Waals surface area contributed by atoms with Gasteiger partial charge in [-0.05, 0) is 24.5 Å². The van der Waals surface area contributed by atoms with Crippen LogP contribution in [0.4, 0.5) is 0 Å². The van der Waals surface area contributed by atoms with Crippen LogP contribution in [0.2, 0.25) is 0 Å². The van der Waals surface area contributed by atoms with E-state index in [0.717, 1.165) is 37.4 Å². The third kappa shape index (κ3) is 3.50. The number of esters is 1. The Morgan fingerprint density at radius 3 is 2.83 bits per heavy atom. The number of carbonyl (C=O) groups is 1. The number of hydrogen-bond acceptors (Lipinski definition) is 4. The highest BCUT2D eigenvalue weighted by Crippen LogP contribution is 2.27. The molecular weight excluding hydrogens is 248 g/mol. The normalized spacial score (nSPS) is 16.5. The Hall–Kier alpha value is -1.00. The van der Waals surface area contributed by atoms with E-state index in [2.05, 4.69) is 0 Å². The van der Waals surface area contributed by atoms with Crippen LogP contribution < -0.4 is 0 Å². The minimum absolute atomic E-state index is 0.252. The third-order valence-electron chi connectivity index (χ3n) is 3.07. The third-order valence-corrected chi connectivity index (χ3v) is 4.49. The second-order valence-corrected chi connectivity index (χ2v) is 5.56. The fourth-order valence-corrected chi connectivity index (χ4v) is 3.20. The molecule has 0 saturated carbocycles. The summed E-state index contributed by atoms with van der Waals surface area (Å²) in [5, 5.41) is 0.643. The van der Waals surface area contributed by atoms with Crippen molar-refractivity contribution in [2.75, 3.05) is 20.3 Å². The monoisotopic (exact) mass is 266 g/mol. The van der Waals surface area contributed by atoms with Gasteiger partial charge in [0.05, 0.1) is 12.7 Å². The SMILES string of the molecule is COC(=O)c1ccccc1CSC1CCOCC1. The number of benzene rings is 1. The quantitative estimate of drug-likeness (QED) is 0.785. The Kier molecular flexibility index (Phi) is 5.08. The van der Waals surface area contributed by atoms with E-state index in [4.69, 9.17) is 9.47 Å². The summed E-state index contributed by atoms with van der Waals surface area (Å²) in [4.78, 5) is 11.6. The second-order valence-electron chi connectivity index (χ2n) is 4.27. The predicted octanol–water partition coefficient (Wildman–Crippen LogP) is 2.89. The summed E-state index contributed by atoms with van der Waals surface area (Å²) in [7, 11) is 1.42. The van der Waals surface area contributed by atoms with Crippen LogP contribution >= 0.6 is 11.8 Å². The number of ether oxygens (including phenoxy) is 2. The van der Waals surface area contributed by atoms with Gasteiger partial charge in [-0.1, -0.05) is 18.2 Å². The lowest BCUT2D eigenvalue weighted by Gasteiger charge is -2.21. The van der Waals surface area contributed by atoms with Crippen LogP contribution in [0.5, 0.6) is 0 Å². The Bertz CT molecular complexity index is 400. The maximum atomic E-state index is 11.6. The van der Waals surface area contributed by atoms with Crippen LogP contribution in [0.1, 0.15) is 28.8 Å². The van der Waals surface area contributed by atoms with Crippen LogP contribution in [-0.4, -0.2) is 31.5 Å². The molecule has 3 nitrogen and oxygen atoms in total. The summed E-state index contributed by atoms with van der Waals surface area (Å²) in [5.74, 6) is 0.605. The molecule has 4 heteroatoms. The standard InChI is InChI=1S/C14H18O3S/c1-16-14(15)13-5-3-2-4-11(13)10-18-12-6-8-17-9-7-12/h2-5,12H,6-10H2,1H3. The summed E-state index contributed by atoms with van der Waals surface area (Å²) in [6.45, 7) is 1.71. The molecule has 1 aliphatic rings. The molecule has 0 aliphatic carbocycles. The maximum absolute atomic E-state index is 11.6. The van der Waals surface area contributed by atoms with Crippen LogP contribution in [-0.2, 0) is 15.2 Å². The van der Waals surface area contributed by atoms with Gasteiger partial charge in [-0.3, -0.25) is 0 Å². The molecule has 18 heavy (non-hydrogen) atoms. The first-order valence-corrected chi connectivity index (χ1v) is 7.21. The molecule has 0 spiro atoms. The molecule has 0 bridgehead atoms. The van der Waals surface area contributed by atoms with Gasteiger partial charge in [0, 0.05) is 24.2 Å². The highest BCUT2D eigenvalue weighted by Gasteiger charge is 2.16. The van der Waals surface area contributed by atoms with Crippen molar-refractivity contribution < 1.29 is 14.3 Å². The van der Waals surface area contributed by atoms with Gasteiger partial charge in [0.1, 0.15) is 0 Å². The van der Waals surface area contributed by atoms with E-state index in [0.29, 0.717) is 10.8 Å². The summed E-state index contributed by atoms with van der Waals surface area (Å²) in [6, 6.07) is 7.66. The largest absolute Gasteiger partial charge is 0.465 e. The van der Waals surface area contributed by atoms with Crippen LogP contribution in [0, 0.1) is 0 Å². The van der Waals surface area contributed by atoms with Crippen molar-refractivity contribution in [2.45, 2.75) is 23.8 Å². The average molecular weight is 266 g/mol. The minimum atomic E-state index is -0.252. The number of methoxy groups -OCH3 is 1. The van der Waals surface area contributed by atoms with Gasteiger partial charge in [-0.2, -0.15) is 11.8 Å². The molecule has 1 saturated heterocycles. The van der Waals surface area contributed by atoms with E-state index in [1.165, 1.54) is 7.11 Å². The zero-order valence-corrected chi connectivity index (χ0v) is 11.4. The molecule has 1 fully saturated rings. The van der Waals surface area contributed by atoms with Gasteiger partial charge in [0.2, 0.25) is 0 Å². The van der Waals surface area contributed by atoms with Crippen LogP contribution in [0.15, 0.2) is 24.3 Å². The van der Waals surface area contributed by atoms with Crippen molar-refractivity contribution in [3.63, 3.8) is 0 Å². The van der Waals surface area contributed by atoms with Gasteiger partial charge < -0.3 is 9.47 Å². The van der Waals surface area contributed by atoms with Crippen LogP contribution in [0.3, 0.4) is 0 Å². The van der Waals surface area contributed by atoms with Gasteiger partial charge >= 0.3 is 5.97 Å². The summed E-state index contributed by atoms with van der Waals surface area (Å²) in [5.41, 5.74) is 1.74. The Morgan fingerprint density at radius 2 is 2.11 bits per heavy atom. The van der Waals surface area contributed by atoms with Crippen molar-refractivity contribution in [2.24, 2.45) is 0 Å². The van der Waals surface area contributed by atoms with Gasteiger partial charge in [0.25, 0.3) is 0 Å². The van der Waals surface area contributed by atoms with Gasteiger partial charge in [0.15, 0.2) is 0 Å². The van der Waals surface area contributed by atoms with E-state index in [-0.39, 0.29) is 5.97 Å². The molecular formula is C14H18O3S. The summed E-state index contributed by atoms with van der Waals surface area (Å²) in [6.07, 6.45) is 2.20. The molecule has 1 aliphatic heterocycles. The fraction of sp³-hybridized carbons (Fsp3) is 0.500. The minimum Gasteiger partial charge on any atom is -0.465 e. The molecule has 0 amide bonds. The number of thioether (sulfide) groups is 1. The van der Waals surface area contributed by atoms with Crippen LogP contribution in [0.25, 0.3) is 0 Å². The van der Waals surface area contributed by atoms with Crippen molar-refractivity contribution in [3.8, 4) is 0 Å². The first-order valence-electron chi connectivity index (χ1n) is 6.17. The van der Waals surface area contributed by atoms with Crippen molar-refractivity contribution in [3.05, 3.63) is 35.4 Å². The lowest BCUT2D eigenvalue weighted by Crippen LogP contribution is -2.17. The highest BCUT2D eigenvalue weighted by molar-refractivity contribution is 7.99. The predicted molar refractivity (Wildman–Crippen MR) is 72.9 cm³/mol. The molecule has 2 rings (SSSR count). The first kappa shape index (κ1) is 13.4. The Labute approximate surface area is 112 Å². The molecule has 1 aromatic rings. The van der Waals surface area contributed by atoms with Gasteiger partial charge in [-0.15, -0.1) is 0 Å². The fourth-order valence-electron chi connectivity index (χ4n) is 2.01. The number of carbonyl (C=O) groups excluding carboxylic acids is 1. The van der Waals surface area contributed by atoms with Crippen molar-refractivity contribution >= 4 is 17.7 Å². The number of hydrogen-bond donors (Lipinski definition) is 0. The van der Waals surface area contributed by atoms with E-state index < -0.39 is 0 Å². The second kappa shape index (κ2) is 6.81. The first-order chi connectivity index (χ1) is 8.81. The average Bonchev–Trinajstić information content (AvgIpc) is 2.45. The zero-order chi connectivity index (χ0) is 12.8.